The predicted octanol–water partition coefficient (Wildman–Crippen LogP) is 3.33. The van der Waals surface area contributed by atoms with Crippen molar-refractivity contribution in [1.82, 2.24) is 9.88 Å². The first-order chi connectivity index (χ1) is 12.5. The minimum absolute atomic E-state index is 0.137. The summed E-state index contributed by atoms with van der Waals surface area (Å²) in [6.07, 6.45) is 2.04. The fourth-order valence-electron chi connectivity index (χ4n) is 2.78. The van der Waals surface area contributed by atoms with Gasteiger partial charge >= 0.3 is 0 Å². The molecular formula is C19H19ClN4O2. The fourth-order valence-corrected chi connectivity index (χ4v) is 3.04. The molecule has 0 bridgehead atoms. The van der Waals surface area contributed by atoms with Gasteiger partial charge in [0.1, 0.15) is 11.9 Å². The molecule has 1 aromatic heterocycles. The van der Waals surface area contributed by atoms with Gasteiger partial charge in [-0.25, -0.2) is 0 Å². The van der Waals surface area contributed by atoms with E-state index in [2.05, 4.69) is 22.2 Å². The van der Waals surface area contributed by atoms with Crippen LogP contribution in [-0.4, -0.2) is 42.0 Å². The third-order valence-electron chi connectivity index (χ3n) is 4.26. The highest BCUT2D eigenvalue weighted by atomic mass is 35.5. The number of hydrogen-bond acceptors (Lipinski definition) is 5. The quantitative estimate of drug-likeness (QED) is 0.893. The van der Waals surface area contributed by atoms with Crippen LogP contribution in [0.3, 0.4) is 0 Å². The molecule has 134 valence electrons. The smallest absolute Gasteiger partial charge is 0.258 e. The van der Waals surface area contributed by atoms with Gasteiger partial charge in [-0.15, -0.1) is 0 Å². The molecule has 0 saturated carbocycles. The average Bonchev–Trinajstić information content (AvgIpc) is 2.63. The van der Waals surface area contributed by atoms with Crippen LogP contribution in [-0.2, 0) is 0 Å². The van der Waals surface area contributed by atoms with Crippen LogP contribution < -0.4 is 10.1 Å². The molecule has 1 aromatic carbocycles. The molecule has 1 fully saturated rings. The van der Waals surface area contributed by atoms with Crippen molar-refractivity contribution in [3.63, 3.8) is 0 Å². The van der Waals surface area contributed by atoms with Crippen molar-refractivity contribution < 1.29 is 9.53 Å². The van der Waals surface area contributed by atoms with Gasteiger partial charge in [0.15, 0.2) is 0 Å². The fraction of sp³-hybridized carbons (Fsp3) is 0.316. The number of nitriles is 1. The molecule has 1 N–H and O–H groups in total. The number of carbonyl (C=O) groups is 1. The van der Waals surface area contributed by atoms with Gasteiger partial charge in [-0.1, -0.05) is 17.7 Å². The maximum absolute atomic E-state index is 12.4. The largest absolute Gasteiger partial charge is 0.474 e. The third kappa shape index (κ3) is 4.51. The van der Waals surface area contributed by atoms with Crippen LogP contribution >= 0.6 is 11.6 Å². The van der Waals surface area contributed by atoms with Gasteiger partial charge in [-0.3, -0.25) is 4.79 Å². The van der Waals surface area contributed by atoms with E-state index < -0.39 is 0 Å². The van der Waals surface area contributed by atoms with Crippen LogP contribution in [0.5, 0.6) is 5.88 Å². The number of likely N-dealkylation sites (tertiary alicyclic amines) is 1. The van der Waals surface area contributed by atoms with Gasteiger partial charge in [-0.05, 0) is 44.2 Å². The summed E-state index contributed by atoms with van der Waals surface area (Å²) >= 11 is 6.08. The summed E-state index contributed by atoms with van der Waals surface area (Å²) in [6.45, 7) is 2.00. The first kappa shape index (κ1) is 18.2. The van der Waals surface area contributed by atoms with Crippen molar-refractivity contribution in [3.8, 4) is 11.9 Å². The average molecular weight is 371 g/mol. The minimum atomic E-state index is -0.386. The summed E-state index contributed by atoms with van der Waals surface area (Å²) in [5.41, 5.74) is 0.687. The first-order valence-electron chi connectivity index (χ1n) is 8.38. The summed E-state index contributed by atoms with van der Waals surface area (Å²) in [6, 6.07) is 11.8. The van der Waals surface area contributed by atoms with Crippen molar-refractivity contribution in [1.29, 1.82) is 5.26 Å². The maximum Gasteiger partial charge on any atom is 0.258 e. The Bertz CT molecular complexity index is 842. The van der Waals surface area contributed by atoms with Gasteiger partial charge in [0.25, 0.3) is 5.91 Å². The Hall–Kier alpha value is -2.62. The summed E-state index contributed by atoms with van der Waals surface area (Å²) in [4.78, 5) is 19.0. The van der Waals surface area contributed by atoms with Crippen LogP contribution in [0.25, 0.3) is 0 Å². The number of anilines is 1. The van der Waals surface area contributed by atoms with Gasteiger partial charge in [0.2, 0.25) is 5.88 Å². The Balaban J connectivity index is 1.67. The molecule has 1 aliphatic rings. The van der Waals surface area contributed by atoms with E-state index in [-0.39, 0.29) is 22.6 Å². The zero-order chi connectivity index (χ0) is 18.5. The Morgan fingerprint density at radius 2 is 2.12 bits per heavy atom. The molecule has 0 unspecified atom stereocenters. The molecule has 1 saturated heterocycles. The Morgan fingerprint density at radius 3 is 2.81 bits per heavy atom. The number of aromatic nitrogens is 1. The molecule has 1 amide bonds. The number of hydrogen-bond donors (Lipinski definition) is 1. The van der Waals surface area contributed by atoms with Gasteiger partial charge < -0.3 is 15.0 Å². The molecule has 0 spiro atoms. The molecule has 7 heteroatoms. The minimum Gasteiger partial charge on any atom is -0.474 e. The van der Waals surface area contributed by atoms with Crippen molar-refractivity contribution in [3.05, 3.63) is 52.5 Å². The lowest BCUT2D eigenvalue weighted by Crippen LogP contribution is -2.35. The van der Waals surface area contributed by atoms with E-state index in [9.17, 15) is 4.79 Å². The number of nitrogens with zero attached hydrogens (tertiary/aromatic N) is 3. The van der Waals surface area contributed by atoms with Crippen molar-refractivity contribution >= 4 is 23.3 Å². The summed E-state index contributed by atoms with van der Waals surface area (Å²) in [5, 5.41) is 11.8. The Morgan fingerprint density at radius 1 is 1.35 bits per heavy atom. The van der Waals surface area contributed by atoms with Gasteiger partial charge in [-0.2, -0.15) is 10.2 Å². The molecule has 2 aromatic rings. The second-order valence-corrected chi connectivity index (χ2v) is 6.65. The highest BCUT2D eigenvalue weighted by molar-refractivity contribution is 6.34. The van der Waals surface area contributed by atoms with Crippen molar-refractivity contribution in [2.75, 3.05) is 25.5 Å². The number of ether oxygens (including phenoxy) is 1. The summed E-state index contributed by atoms with van der Waals surface area (Å²) in [5.74, 6) is 0.493. The van der Waals surface area contributed by atoms with Crippen LogP contribution in [0, 0.1) is 11.3 Å². The van der Waals surface area contributed by atoms with E-state index in [1.165, 1.54) is 12.1 Å². The van der Waals surface area contributed by atoms with Crippen LogP contribution in [0.4, 0.5) is 5.82 Å². The van der Waals surface area contributed by atoms with Gasteiger partial charge in [0, 0.05) is 19.2 Å². The Kier molecular flexibility index (Phi) is 5.71. The molecule has 2 heterocycles. The molecular weight excluding hydrogens is 352 g/mol. The summed E-state index contributed by atoms with van der Waals surface area (Å²) < 4.78 is 5.93. The SMILES string of the molecule is CN1CCC(Oc2cccc(NC(=O)c3ccc(C#N)cc3Cl)n2)CC1. The molecule has 0 aliphatic carbocycles. The molecule has 3 rings (SSSR count). The van der Waals surface area contributed by atoms with Gasteiger partial charge in [0.05, 0.1) is 22.2 Å². The number of carbonyl (C=O) groups excluding carboxylic acids is 1. The van der Waals surface area contributed by atoms with E-state index in [0.717, 1.165) is 25.9 Å². The lowest BCUT2D eigenvalue weighted by molar-refractivity contribution is 0.102. The molecule has 6 nitrogen and oxygen atoms in total. The van der Waals surface area contributed by atoms with Crippen LogP contribution in [0.15, 0.2) is 36.4 Å². The second kappa shape index (κ2) is 8.17. The molecule has 0 atom stereocenters. The predicted molar refractivity (Wildman–Crippen MR) is 99.5 cm³/mol. The number of pyridine rings is 1. The third-order valence-corrected chi connectivity index (χ3v) is 4.57. The van der Waals surface area contributed by atoms with E-state index in [1.807, 2.05) is 6.07 Å². The normalized spacial score (nSPS) is 15.3. The number of halogens is 1. The van der Waals surface area contributed by atoms with E-state index in [0.29, 0.717) is 17.3 Å². The monoisotopic (exact) mass is 370 g/mol. The zero-order valence-electron chi connectivity index (χ0n) is 14.4. The standard InChI is InChI=1S/C19H19ClN4O2/c1-24-9-7-14(8-10-24)26-18-4-2-3-17(22-18)23-19(25)15-6-5-13(12-21)11-16(15)20/h2-6,11,14H,7-10H2,1H3,(H,22,23,25). The number of nitrogens with one attached hydrogen (secondary N) is 1. The van der Waals surface area contributed by atoms with Crippen LogP contribution in [0.1, 0.15) is 28.8 Å². The number of rotatable bonds is 4. The van der Waals surface area contributed by atoms with E-state index in [4.69, 9.17) is 21.6 Å². The second-order valence-electron chi connectivity index (χ2n) is 6.24. The number of amides is 1. The van der Waals surface area contributed by atoms with Crippen molar-refractivity contribution in [2.24, 2.45) is 0 Å². The molecule has 0 radical (unpaired) electrons. The highest BCUT2D eigenvalue weighted by Crippen LogP contribution is 2.21. The van der Waals surface area contributed by atoms with E-state index in [1.54, 1.807) is 24.3 Å². The van der Waals surface area contributed by atoms with Crippen molar-refractivity contribution in [2.45, 2.75) is 18.9 Å². The lowest BCUT2D eigenvalue weighted by atomic mass is 10.1. The van der Waals surface area contributed by atoms with E-state index >= 15 is 0 Å². The topological polar surface area (TPSA) is 78.2 Å². The summed E-state index contributed by atoms with van der Waals surface area (Å²) in [7, 11) is 2.10. The number of benzene rings is 1. The van der Waals surface area contributed by atoms with Crippen LogP contribution in [0.2, 0.25) is 5.02 Å². The highest BCUT2D eigenvalue weighted by Gasteiger charge is 2.19. The lowest BCUT2D eigenvalue weighted by Gasteiger charge is -2.28. The molecule has 1 aliphatic heterocycles. The maximum atomic E-state index is 12.4. The first-order valence-corrected chi connectivity index (χ1v) is 8.76. The molecule has 26 heavy (non-hydrogen) atoms. The number of piperidine rings is 1. The Labute approximate surface area is 157 Å². The zero-order valence-corrected chi connectivity index (χ0v) is 15.2.